The van der Waals surface area contributed by atoms with Crippen LogP contribution in [0.3, 0.4) is 0 Å². The first kappa shape index (κ1) is 27.3. The first-order chi connectivity index (χ1) is 15.5. The Morgan fingerprint density at radius 1 is 1.03 bits per heavy atom. The molecule has 0 aliphatic heterocycles. The van der Waals surface area contributed by atoms with Crippen molar-refractivity contribution in [2.45, 2.75) is 103 Å². The van der Waals surface area contributed by atoms with Gasteiger partial charge in [-0.3, -0.25) is 4.79 Å². The SMILES string of the molecule is CCOC(=O)CCCCCCC1=C[C@@H](OC(=O)c2ccccc2)CC1O[Si](C)(C)C(C)(C)C. The van der Waals surface area contributed by atoms with Crippen molar-refractivity contribution in [3.63, 3.8) is 0 Å². The van der Waals surface area contributed by atoms with Crippen molar-refractivity contribution in [2.75, 3.05) is 6.61 Å². The Bertz CT molecular complexity index is 794. The Hall–Kier alpha value is -1.92. The van der Waals surface area contributed by atoms with Crippen LogP contribution in [0.1, 0.15) is 83.0 Å². The van der Waals surface area contributed by atoms with Crippen LogP contribution >= 0.6 is 0 Å². The third-order valence-corrected chi connectivity index (χ3v) is 11.2. The molecule has 1 unspecified atom stereocenters. The van der Waals surface area contributed by atoms with Gasteiger partial charge in [-0.25, -0.2) is 4.79 Å². The lowest BCUT2D eigenvalue weighted by molar-refractivity contribution is -0.143. The highest BCUT2D eigenvalue weighted by atomic mass is 28.4. The molecule has 0 radical (unpaired) electrons. The van der Waals surface area contributed by atoms with Gasteiger partial charge in [0, 0.05) is 12.8 Å². The summed E-state index contributed by atoms with van der Waals surface area (Å²) in [6, 6.07) is 9.14. The highest BCUT2D eigenvalue weighted by Crippen LogP contribution is 2.40. The van der Waals surface area contributed by atoms with Crippen LogP contribution in [0.25, 0.3) is 0 Å². The molecule has 33 heavy (non-hydrogen) atoms. The Labute approximate surface area is 201 Å². The Kier molecular flexibility index (Phi) is 10.4. The summed E-state index contributed by atoms with van der Waals surface area (Å²) < 4.78 is 17.6. The number of unbranched alkanes of at least 4 members (excludes halogenated alkanes) is 3. The molecule has 0 amide bonds. The molecule has 184 valence electrons. The monoisotopic (exact) mass is 474 g/mol. The van der Waals surface area contributed by atoms with E-state index in [0.717, 1.165) is 32.1 Å². The summed E-state index contributed by atoms with van der Waals surface area (Å²) >= 11 is 0. The largest absolute Gasteiger partial charge is 0.466 e. The van der Waals surface area contributed by atoms with E-state index < -0.39 is 8.32 Å². The van der Waals surface area contributed by atoms with Crippen molar-refractivity contribution in [2.24, 2.45) is 0 Å². The third-order valence-electron chi connectivity index (χ3n) is 6.67. The molecular weight excluding hydrogens is 432 g/mol. The average Bonchev–Trinajstić information content (AvgIpc) is 3.10. The van der Waals surface area contributed by atoms with Gasteiger partial charge in [0.25, 0.3) is 0 Å². The molecule has 1 aromatic carbocycles. The molecule has 0 spiro atoms. The van der Waals surface area contributed by atoms with E-state index in [-0.39, 0.29) is 29.2 Å². The van der Waals surface area contributed by atoms with Crippen LogP contribution < -0.4 is 0 Å². The number of ether oxygens (including phenoxy) is 2. The molecule has 0 saturated carbocycles. The lowest BCUT2D eigenvalue weighted by Gasteiger charge is -2.39. The van der Waals surface area contributed by atoms with Crippen molar-refractivity contribution < 1.29 is 23.5 Å². The molecule has 5 nitrogen and oxygen atoms in total. The van der Waals surface area contributed by atoms with Gasteiger partial charge in [-0.2, -0.15) is 0 Å². The Morgan fingerprint density at radius 3 is 2.33 bits per heavy atom. The summed E-state index contributed by atoms with van der Waals surface area (Å²) in [5.74, 6) is -0.398. The number of rotatable bonds is 12. The van der Waals surface area contributed by atoms with E-state index in [9.17, 15) is 9.59 Å². The van der Waals surface area contributed by atoms with E-state index in [0.29, 0.717) is 25.0 Å². The zero-order chi connectivity index (χ0) is 24.5. The molecule has 6 heteroatoms. The molecule has 0 aromatic heterocycles. The predicted octanol–water partition coefficient (Wildman–Crippen LogP) is 6.84. The van der Waals surface area contributed by atoms with Crippen LogP contribution in [0.5, 0.6) is 0 Å². The minimum Gasteiger partial charge on any atom is -0.466 e. The highest BCUT2D eigenvalue weighted by molar-refractivity contribution is 6.74. The highest BCUT2D eigenvalue weighted by Gasteiger charge is 2.41. The van der Waals surface area contributed by atoms with Crippen molar-refractivity contribution in [3.05, 3.63) is 47.5 Å². The third kappa shape index (κ3) is 8.74. The molecule has 0 fully saturated rings. The van der Waals surface area contributed by atoms with E-state index in [1.165, 1.54) is 5.57 Å². The minimum absolute atomic E-state index is 0.000929. The molecule has 1 aromatic rings. The summed E-state index contributed by atoms with van der Waals surface area (Å²) in [6.07, 6.45) is 7.91. The van der Waals surface area contributed by atoms with E-state index in [1.807, 2.05) is 25.1 Å². The van der Waals surface area contributed by atoms with Crippen LogP contribution in [0.4, 0.5) is 0 Å². The summed E-state index contributed by atoms with van der Waals surface area (Å²) in [4.78, 5) is 24.1. The molecule has 0 N–H and O–H groups in total. The smallest absolute Gasteiger partial charge is 0.338 e. The number of hydrogen-bond donors (Lipinski definition) is 0. The lowest BCUT2D eigenvalue weighted by atomic mass is 10.0. The van der Waals surface area contributed by atoms with Gasteiger partial charge in [-0.1, -0.05) is 51.8 Å². The normalized spacial score (nSPS) is 18.7. The maximum atomic E-state index is 12.6. The van der Waals surface area contributed by atoms with Gasteiger partial charge in [0.1, 0.15) is 6.10 Å². The molecule has 2 rings (SSSR count). The molecule has 1 aliphatic rings. The van der Waals surface area contributed by atoms with Crippen molar-refractivity contribution in [3.8, 4) is 0 Å². The second-order valence-corrected chi connectivity index (χ2v) is 15.1. The van der Waals surface area contributed by atoms with Crippen LogP contribution in [0.15, 0.2) is 42.0 Å². The average molecular weight is 475 g/mol. The van der Waals surface area contributed by atoms with Crippen molar-refractivity contribution in [1.82, 2.24) is 0 Å². The molecule has 0 bridgehead atoms. The molecule has 0 heterocycles. The number of esters is 2. The molecular formula is C27H42O5Si. The lowest BCUT2D eigenvalue weighted by Crippen LogP contribution is -2.44. The zero-order valence-corrected chi connectivity index (χ0v) is 22.3. The van der Waals surface area contributed by atoms with Gasteiger partial charge in [0.05, 0.1) is 18.3 Å². The minimum atomic E-state index is -1.96. The van der Waals surface area contributed by atoms with Gasteiger partial charge in [-0.15, -0.1) is 0 Å². The molecule has 2 atom stereocenters. The summed E-state index contributed by atoms with van der Waals surface area (Å²) in [5.41, 5.74) is 1.82. The number of hydrogen-bond acceptors (Lipinski definition) is 5. The Balaban J connectivity index is 1.95. The van der Waals surface area contributed by atoms with E-state index >= 15 is 0 Å². The first-order valence-electron chi connectivity index (χ1n) is 12.3. The van der Waals surface area contributed by atoms with Crippen LogP contribution in [-0.4, -0.2) is 39.1 Å². The van der Waals surface area contributed by atoms with E-state index in [1.54, 1.807) is 12.1 Å². The van der Waals surface area contributed by atoms with Gasteiger partial charge in [-0.05, 0) is 68.1 Å². The quantitative estimate of drug-likeness (QED) is 0.144. The maximum absolute atomic E-state index is 12.6. The first-order valence-corrected chi connectivity index (χ1v) is 15.2. The maximum Gasteiger partial charge on any atom is 0.338 e. The standard InChI is InChI=1S/C27H42O5Si/c1-7-30-25(28)18-14-9-8-11-17-22-19-23(31-26(29)21-15-12-10-13-16-21)20-24(22)32-33(5,6)27(2,3)4/h10,12-13,15-16,19,23-24H,7-9,11,14,17-18,20H2,1-6H3/t23-,24?/m1/s1. The fraction of sp³-hybridized carbons (Fsp3) is 0.630. The van der Waals surface area contributed by atoms with Crippen molar-refractivity contribution >= 4 is 20.3 Å². The second-order valence-electron chi connectivity index (χ2n) is 10.4. The Morgan fingerprint density at radius 2 is 1.70 bits per heavy atom. The fourth-order valence-corrected chi connectivity index (χ4v) is 5.04. The predicted molar refractivity (Wildman–Crippen MR) is 135 cm³/mol. The number of benzene rings is 1. The summed E-state index contributed by atoms with van der Waals surface area (Å²) in [5, 5.41) is 0.115. The van der Waals surface area contributed by atoms with Crippen LogP contribution in [0.2, 0.25) is 18.1 Å². The zero-order valence-electron chi connectivity index (χ0n) is 21.3. The summed E-state index contributed by atoms with van der Waals surface area (Å²) in [6.45, 7) is 13.5. The topological polar surface area (TPSA) is 61.8 Å². The van der Waals surface area contributed by atoms with Gasteiger partial charge < -0.3 is 13.9 Å². The molecule has 0 saturated heterocycles. The van der Waals surface area contributed by atoms with E-state index in [4.69, 9.17) is 13.9 Å². The van der Waals surface area contributed by atoms with Gasteiger partial charge in [0.15, 0.2) is 8.32 Å². The molecule has 1 aliphatic carbocycles. The fourth-order valence-electron chi connectivity index (χ4n) is 3.72. The second kappa shape index (κ2) is 12.5. The number of carbonyl (C=O) groups is 2. The van der Waals surface area contributed by atoms with Crippen molar-refractivity contribution in [1.29, 1.82) is 0 Å². The summed E-state index contributed by atoms with van der Waals surface area (Å²) in [7, 11) is -1.96. The number of carbonyl (C=O) groups excluding carboxylic acids is 2. The van der Waals surface area contributed by atoms with Gasteiger partial charge >= 0.3 is 11.9 Å². The van der Waals surface area contributed by atoms with E-state index in [2.05, 4.69) is 39.9 Å². The van der Waals surface area contributed by atoms with Gasteiger partial charge in [0.2, 0.25) is 0 Å². The van der Waals surface area contributed by atoms with Crippen LogP contribution in [-0.2, 0) is 18.7 Å². The van der Waals surface area contributed by atoms with Crippen LogP contribution in [0, 0.1) is 0 Å².